The molecule has 0 aliphatic rings. The molecule has 0 saturated carbocycles. The Hall–Kier alpha value is -1.42. The molecular weight excluding hydrogens is 252 g/mol. The molecule has 20 heavy (non-hydrogen) atoms. The monoisotopic (exact) mass is 278 g/mol. The van der Waals surface area contributed by atoms with Gasteiger partial charge in [0.2, 0.25) is 0 Å². The first kappa shape index (κ1) is 16.6. The maximum absolute atomic E-state index is 10.7. The quantitative estimate of drug-likeness (QED) is 0.550. The first-order chi connectivity index (χ1) is 9.62. The minimum atomic E-state index is -0.351. The van der Waals surface area contributed by atoms with E-state index in [4.69, 9.17) is 0 Å². The van der Waals surface area contributed by atoms with Crippen molar-refractivity contribution < 1.29 is 4.92 Å². The molecule has 0 aromatic heterocycles. The molecule has 0 aliphatic carbocycles. The number of rotatable bonds is 9. The summed E-state index contributed by atoms with van der Waals surface area (Å²) < 4.78 is 0. The van der Waals surface area contributed by atoms with Crippen molar-refractivity contribution in [2.45, 2.75) is 52.0 Å². The zero-order valence-electron chi connectivity index (χ0n) is 12.8. The van der Waals surface area contributed by atoms with Crippen LogP contribution in [0.3, 0.4) is 0 Å². The zero-order valence-corrected chi connectivity index (χ0v) is 12.8. The fourth-order valence-electron chi connectivity index (χ4n) is 2.80. The van der Waals surface area contributed by atoms with Crippen LogP contribution >= 0.6 is 0 Å². The first-order valence-electron chi connectivity index (χ1n) is 7.52. The van der Waals surface area contributed by atoms with Crippen LogP contribution in [0, 0.1) is 16.0 Å². The third kappa shape index (κ3) is 4.93. The highest BCUT2D eigenvalue weighted by atomic mass is 16.6. The minimum absolute atomic E-state index is 0.161. The first-order valence-corrected chi connectivity index (χ1v) is 7.52. The number of benzene rings is 1. The molecule has 0 amide bonds. The van der Waals surface area contributed by atoms with Gasteiger partial charge < -0.3 is 5.32 Å². The molecule has 112 valence electrons. The van der Waals surface area contributed by atoms with Crippen molar-refractivity contribution in [1.82, 2.24) is 5.32 Å². The topological polar surface area (TPSA) is 55.2 Å². The van der Waals surface area contributed by atoms with Crippen LogP contribution in [0.4, 0.5) is 5.69 Å². The van der Waals surface area contributed by atoms with Crippen LogP contribution in [-0.4, -0.2) is 18.0 Å². The van der Waals surface area contributed by atoms with Crippen LogP contribution in [-0.2, 0) is 6.42 Å². The molecule has 0 bridgehead atoms. The number of hydrogen-bond acceptors (Lipinski definition) is 3. The molecular formula is C16H26N2O2. The van der Waals surface area contributed by atoms with E-state index in [0.29, 0.717) is 12.0 Å². The fourth-order valence-corrected chi connectivity index (χ4v) is 2.80. The Morgan fingerprint density at radius 1 is 1.15 bits per heavy atom. The van der Waals surface area contributed by atoms with E-state index in [1.165, 1.54) is 25.7 Å². The summed E-state index contributed by atoms with van der Waals surface area (Å²) in [6.07, 6.45) is 5.78. The maximum atomic E-state index is 10.7. The Morgan fingerprint density at radius 2 is 1.70 bits per heavy atom. The lowest BCUT2D eigenvalue weighted by Gasteiger charge is -2.26. The predicted molar refractivity (Wildman–Crippen MR) is 83.0 cm³/mol. The smallest absolute Gasteiger partial charge is 0.269 e. The van der Waals surface area contributed by atoms with Crippen molar-refractivity contribution in [1.29, 1.82) is 0 Å². The minimum Gasteiger partial charge on any atom is -0.316 e. The molecule has 0 fully saturated rings. The summed E-state index contributed by atoms with van der Waals surface area (Å²) in [7, 11) is 2.01. The van der Waals surface area contributed by atoms with Gasteiger partial charge in [0.05, 0.1) is 4.92 Å². The van der Waals surface area contributed by atoms with Crippen LogP contribution in [0.25, 0.3) is 0 Å². The van der Waals surface area contributed by atoms with Crippen molar-refractivity contribution in [3.05, 3.63) is 39.9 Å². The lowest BCUT2D eigenvalue weighted by atomic mass is 9.87. The standard InChI is InChI=1S/C16H26N2O2/c1-4-6-14(7-5-2)16(17-3)12-13-8-10-15(11-9-13)18(19)20/h8-11,14,16-17H,4-7,12H2,1-3H3. The van der Waals surface area contributed by atoms with Gasteiger partial charge in [-0.1, -0.05) is 38.8 Å². The normalized spacial score (nSPS) is 12.6. The number of non-ortho nitro benzene ring substituents is 1. The molecule has 0 saturated heterocycles. The number of hydrogen-bond donors (Lipinski definition) is 1. The van der Waals surface area contributed by atoms with Gasteiger partial charge in [-0.15, -0.1) is 0 Å². The van der Waals surface area contributed by atoms with Crippen molar-refractivity contribution in [3.63, 3.8) is 0 Å². The Morgan fingerprint density at radius 3 is 2.10 bits per heavy atom. The molecule has 4 nitrogen and oxygen atoms in total. The van der Waals surface area contributed by atoms with Crippen LogP contribution in [0.1, 0.15) is 45.1 Å². The van der Waals surface area contributed by atoms with Gasteiger partial charge >= 0.3 is 0 Å². The SMILES string of the molecule is CCCC(CCC)C(Cc1ccc([N+](=O)[O-])cc1)NC. The summed E-state index contributed by atoms with van der Waals surface area (Å²) in [6.45, 7) is 4.45. The number of likely N-dealkylation sites (N-methyl/N-ethyl adjacent to an activating group) is 1. The highest BCUT2D eigenvalue weighted by Crippen LogP contribution is 2.22. The maximum Gasteiger partial charge on any atom is 0.269 e. The summed E-state index contributed by atoms with van der Waals surface area (Å²) in [5, 5.41) is 14.1. The van der Waals surface area contributed by atoms with Gasteiger partial charge in [0, 0.05) is 18.2 Å². The van der Waals surface area contributed by atoms with E-state index in [2.05, 4.69) is 19.2 Å². The van der Waals surface area contributed by atoms with E-state index in [9.17, 15) is 10.1 Å². The zero-order chi connectivity index (χ0) is 15.0. The number of nitrogens with zero attached hydrogens (tertiary/aromatic N) is 1. The molecule has 1 aromatic rings. The third-order valence-electron chi connectivity index (χ3n) is 3.86. The van der Waals surface area contributed by atoms with E-state index in [1.807, 2.05) is 19.2 Å². The Balaban J connectivity index is 2.73. The van der Waals surface area contributed by atoms with Crippen LogP contribution in [0.15, 0.2) is 24.3 Å². The molecule has 1 atom stereocenters. The molecule has 0 heterocycles. The Labute approximate surface area is 121 Å². The summed E-state index contributed by atoms with van der Waals surface area (Å²) in [5.41, 5.74) is 1.32. The summed E-state index contributed by atoms with van der Waals surface area (Å²) >= 11 is 0. The van der Waals surface area contributed by atoms with Crippen LogP contribution < -0.4 is 5.32 Å². The van der Waals surface area contributed by atoms with E-state index < -0.39 is 0 Å². The molecule has 4 heteroatoms. The second-order valence-corrected chi connectivity index (χ2v) is 5.36. The van der Waals surface area contributed by atoms with Gasteiger partial charge in [-0.05, 0) is 37.8 Å². The van der Waals surface area contributed by atoms with Gasteiger partial charge in [0.15, 0.2) is 0 Å². The molecule has 0 radical (unpaired) electrons. The Kier molecular flexibility index (Phi) is 7.23. The highest BCUT2D eigenvalue weighted by Gasteiger charge is 2.19. The molecule has 1 aromatic carbocycles. The molecule has 1 rings (SSSR count). The van der Waals surface area contributed by atoms with Crippen LogP contribution in [0.5, 0.6) is 0 Å². The van der Waals surface area contributed by atoms with Gasteiger partial charge in [-0.2, -0.15) is 0 Å². The Bertz CT molecular complexity index is 397. The van der Waals surface area contributed by atoms with Gasteiger partial charge in [0.1, 0.15) is 0 Å². The van der Waals surface area contributed by atoms with Crippen molar-refractivity contribution >= 4 is 5.69 Å². The van der Waals surface area contributed by atoms with Gasteiger partial charge in [-0.25, -0.2) is 0 Å². The molecule has 0 spiro atoms. The molecule has 1 unspecified atom stereocenters. The second-order valence-electron chi connectivity index (χ2n) is 5.36. The predicted octanol–water partition coefficient (Wildman–Crippen LogP) is 3.94. The van der Waals surface area contributed by atoms with E-state index in [0.717, 1.165) is 12.0 Å². The van der Waals surface area contributed by atoms with E-state index >= 15 is 0 Å². The van der Waals surface area contributed by atoms with Crippen molar-refractivity contribution in [3.8, 4) is 0 Å². The summed E-state index contributed by atoms with van der Waals surface area (Å²) in [5.74, 6) is 0.671. The fraction of sp³-hybridized carbons (Fsp3) is 0.625. The second kappa shape index (κ2) is 8.69. The number of nitro benzene ring substituents is 1. The average molecular weight is 278 g/mol. The van der Waals surface area contributed by atoms with Crippen LogP contribution in [0.2, 0.25) is 0 Å². The lowest BCUT2D eigenvalue weighted by Crippen LogP contribution is -2.35. The van der Waals surface area contributed by atoms with Gasteiger partial charge in [0.25, 0.3) is 5.69 Å². The van der Waals surface area contributed by atoms with Crippen molar-refractivity contribution in [2.24, 2.45) is 5.92 Å². The van der Waals surface area contributed by atoms with E-state index in [-0.39, 0.29) is 10.6 Å². The average Bonchev–Trinajstić information content (AvgIpc) is 2.45. The lowest BCUT2D eigenvalue weighted by molar-refractivity contribution is -0.384. The largest absolute Gasteiger partial charge is 0.316 e. The number of nitro groups is 1. The van der Waals surface area contributed by atoms with E-state index in [1.54, 1.807) is 12.1 Å². The summed E-state index contributed by atoms with van der Waals surface area (Å²) in [6, 6.07) is 7.37. The van der Waals surface area contributed by atoms with Gasteiger partial charge in [-0.3, -0.25) is 10.1 Å². The third-order valence-corrected chi connectivity index (χ3v) is 3.86. The molecule has 1 N–H and O–H groups in total. The van der Waals surface area contributed by atoms with Crippen molar-refractivity contribution in [2.75, 3.05) is 7.05 Å². The molecule has 0 aliphatic heterocycles. The highest BCUT2D eigenvalue weighted by molar-refractivity contribution is 5.33. The number of nitrogens with one attached hydrogen (secondary N) is 1. The summed E-state index contributed by atoms with van der Waals surface area (Å²) in [4.78, 5) is 10.3.